The monoisotopic (exact) mass is 410 g/mol. The van der Waals surface area contributed by atoms with Crippen molar-refractivity contribution in [2.24, 2.45) is 0 Å². The van der Waals surface area contributed by atoms with Crippen molar-refractivity contribution in [1.29, 1.82) is 0 Å². The number of nitro benzene ring substituents is 1. The summed E-state index contributed by atoms with van der Waals surface area (Å²) in [6.07, 6.45) is 2.72. The van der Waals surface area contributed by atoms with Gasteiger partial charge in [-0.25, -0.2) is 4.79 Å². The summed E-state index contributed by atoms with van der Waals surface area (Å²) in [5.41, 5.74) is -1.95. The van der Waals surface area contributed by atoms with Crippen LogP contribution in [0.5, 0.6) is 5.75 Å². The second kappa shape index (κ2) is 8.65. The normalized spacial score (nSPS) is 10.8. The number of hydrogen-bond donors (Lipinski definition) is 2. The first kappa shape index (κ1) is 20.2. The Morgan fingerprint density at radius 3 is 2.27 bits per heavy atom. The van der Waals surface area contributed by atoms with Gasteiger partial charge in [-0.2, -0.15) is 0 Å². The molecule has 152 valence electrons. The van der Waals surface area contributed by atoms with Crippen molar-refractivity contribution in [2.45, 2.75) is 6.61 Å². The fourth-order valence-electron chi connectivity index (χ4n) is 2.63. The summed E-state index contributed by atoms with van der Waals surface area (Å²) in [5, 5.41) is 22.1. The minimum Gasteiger partial charge on any atom is -0.489 e. The molecule has 0 radical (unpaired) electrons. The first-order valence-electron chi connectivity index (χ1n) is 8.49. The Labute approximate surface area is 167 Å². The van der Waals surface area contributed by atoms with Crippen LogP contribution in [0, 0.1) is 20.2 Å². The van der Waals surface area contributed by atoms with Gasteiger partial charge in [0.1, 0.15) is 18.1 Å². The molecule has 0 bridgehead atoms. The van der Waals surface area contributed by atoms with Crippen molar-refractivity contribution in [3.8, 4) is 5.75 Å². The van der Waals surface area contributed by atoms with Crippen LogP contribution in [0.2, 0.25) is 0 Å². The standard InChI is InChI=1S/C19H14N4O7/c24-18-17(23(28)29)15(20-19(25)21-18)10-7-12-5-8-14(9-6-12)30-11-13-3-1-2-4-16(13)22(26)27/h1-10H,11H2,(H2,20,21,24,25). The predicted octanol–water partition coefficient (Wildman–Crippen LogP) is 2.63. The highest BCUT2D eigenvalue weighted by Gasteiger charge is 2.18. The van der Waals surface area contributed by atoms with Gasteiger partial charge < -0.3 is 9.72 Å². The van der Waals surface area contributed by atoms with Crippen LogP contribution in [-0.4, -0.2) is 19.8 Å². The molecule has 1 aromatic heterocycles. The van der Waals surface area contributed by atoms with Gasteiger partial charge in [0.15, 0.2) is 0 Å². The fraction of sp³-hybridized carbons (Fsp3) is 0.0526. The Morgan fingerprint density at radius 2 is 1.60 bits per heavy atom. The summed E-state index contributed by atoms with van der Waals surface area (Å²) in [6.45, 7) is 0.00651. The number of hydrogen-bond acceptors (Lipinski definition) is 7. The summed E-state index contributed by atoms with van der Waals surface area (Å²) in [6, 6.07) is 12.8. The molecular formula is C19H14N4O7. The van der Waals surface area contributed by atoms with E-state index >= 15 is 0 Å². The Bertz CT molecular complexity index is 1240. The van der Waals surface area contributed by atoms with E-state index in [1.165, 1.54) is 18.2 Å². The topological polar surface area (TPSA) is 161 Å². The molecule has 11 heteroatoms. The van der Waals surface area contributed by atoms with Gasteiger partial charge in [-0.1, -0.05) is 30.3 Å². The zero-order valence-electron chi connectivity index (χ0n) is 15.2. The molecule has 2 N–H and O–H groups in total. The summed E-state index contributed by atoms with van der Waals surface area (Å²) in [7, 11) is 0. The minimum absolute atomic E-state index is 0.00651. The van der Waals surface area contributed by atoms with Crippen LogP contribution in [0.15, 0.2) is 58.1 Å². The number of H-pyrrole nitrogens is 2. The van der Waals surface area contributed by atoms with Crippen LogP contribution in [0.25, 0.3) is 12.2 Å². The lowest BCUT2D eigenvalue weighted by molar-refractivity contribution is -0.386. The quantitative estimate of drug-likeness (QED) is 0.447. The molecule has 30 heavy (non-hydrogen) atoms. The van der Waals surface area contributed by atoms with Gasteiger partial charge >= 0.3 is 16.9 Å². The van der Waals surface area contributed by atoms with Gasteiger partial charge in [0.2, 0.25) is 0 Å². The first-order valence-corrected chi connectivity index (χ1v) is 8.49. The first-order chi connectivity index (χ1) is 14.3. The molecule has 0 aliphatic rings. The number of aromatic amines is 2. The summed E-state index contributed by atoms with van der Waals surface area (Å²) < 4.78 is 5.57. The number of rotatable bonds is 7. The maximum Gasteiger partial charge on any atom is 0.357 e. The molecule has 3 aromatic rings. The maximum atomic E-state index is 11.6. The lowest BCUT2D eigenvalue weighted by atomic mass is 10.1. The van der Waals surface area contributed by atoms with E-state index in [9.17, 15) is 29.8 Å². The minimum atomic E-state index is -1.10. The van der Waals surface area contributed by atoms with Crippen molar-refractivity contribution in [1.82, 2.24) is 9.97 Å². The molecule has 3 rings (SSSR count). The van der Waals surface area contributed by atoms with E-state index in [2.05, 4.69) is 4.98 Å². The zero-order chi connectivity index (χ0) is 21.7. The number of aromatic nitrogens is 2. The lowest BCUT2D eigenvalue weighted by Crippen LogP contribution is -2.25. The van der Waals surface area contributed by atoms with Gasteiger partial charge in [-0.3, -0.25) is 30.0 Å². The third kappa shape index (κ3) is 4.65. The Morgan fingerprint density at radius 1 is 0.900 bits per heavy atom. The highest BCUT2D eigenvalue weighted by atomic mass is 16.6. The molecule has 1 heterocycles. The number of nitrogens with one attached hydrogen (secondary N) is 2. The lowest BCUT2D eigenvalue weighted by Gasteiger charge is -2.07. The van der Waals surface area contributed by atoms with Gasteiger partial charge in [0.25, 0.3) is 5.69 Å². The zero-order valence-corrected chi connectivity index (χ0v) is 15.2. The van der Waals surface area contributed by atoms with E-state index < -0.39 is 26.8 Å². The summed E-state index contributed by atoms with van der Waals surface area (Å²) in [4.78, 5) is 47.7. The van der Waals surface area contributed by atoms with Crippen LogP contribution in [0.3, 0.4) is 0 Å². The van der Waals surface area contributed by atoms with E-state index in [1.54, 1.807) is 47.4 Å². The van der Waals surface area contributed by atoms with Crippen molar-refractivity contribution >= 4 is 23.5 Å². The van der Waals surface area contributed by atoms with E-state index in [4.69, 9.17) is 4.74 Å². The van der Waals surface area contributed by atoms with Gasteiger partial charge in [-0.15, -0.1) is 0 Å². The molecule has 0 saturated carbocycles. The molecule has 0 aliphatic heterocycles. The van der Waals surface area contributed by atoms with E-state index in [1.807, 2.05) is 0 Å². The van der Waals surface area contributed by atoms with Crippen molar-refractivity contribution in [3.05, 3.63) is 106 Å². The molecular weight excluding hydrogens is 396 g/mol. The van der Waals surface area contributed by atoms with Gasteiger partial charge in [0.05, 0.1) is 15.4 Å². The third-order valence-electron chi connectivity index (χ3n) is 4.03. The molecule has 0 atom stereocenters. The fourth-order valence-corrected chi connectivity index (χ4v) is 2.63. The number of nitro groups is 2. The summed E-state index contributed by atoms with van der Waals surface area (Å²) in [5.74, 6) is 0.459. The second-order valence-corrected chi connectivity index (χ2v) is 6.00. The number of benzene rings is 2. The van der Waals surface area contributed by atoms with Crippen LogP contribution in [0.4, 0.5) is 11.4 Å². The number of para-hydroxylation sites is 1. The van der Waals surface area contributed by atoms with E-state index in [0.717, 1.165) is 0 Å². The molecule has 11 nitrogen and oxygen atoms in total. The second-order valence-electron chi connectivity index (χ2n) is 6.00. The van der Waals surface area contributed by atoms with Gasteiger partial charge in [0, 0.05) is 6.07 Å². The molecule has 0 fully saturated rings. The molecule has 2 aromatic carbocycles. The average molecular weight is 410 g/mol. The number of nitrogens with zero attached hydrogens (tertiary/aromatic N) is 2. The molecule has 0 amide bonds. The van der Waals surface area contributed by atoms with Crippen molar-refractivity contribution in [2.75, 3.05) is 0 Å². The molecule has 0 aliphatic carbocycles. The highest BCUT2D eigenvalue weighted by molar-refractivity contribution is 5.71. The molecule has 0 unspecified atom stereocenters. The maximum absolute atomic E-state index is 11.6. The van der Waals surface area contributed by atoms with Crippen LogP contribution < -0.4 is 16.0 Å². The van der Waals surface area contributed by atoms with Crippen LogP contribution in [-0.2, 0) is 6.61 Å². The van der Waals surface area contributed by atoms with Gasteiger partial charge in [-0.05, 0) is 29.8 Å². The highest BCUT2D eigenvalue weighted by Crippen LogP contribution is 2.21. The third-order valence-corrected chi connectivity index (χ3v) is 4.03. The average Bonchev–Trinajstić information content (AvgIpc) is 2.70. The SMILES string of the molecule is O=c1[nH]c(C=Cc2ccc(OCc3ccccc3[N+](=O)[O-])cc2)c([N+](=O)[O-])c(=O)[nH]1. The Kier molecular flexibility index (Phi) is 5.82. The molecule has 0 saturated heterocycles. The Hall–Kier alpha value is -4.54. The van der Waals surface area contributed by atoms with Crippen molar-refractivity contribution in [3.63, 3.8) is 0 Å². The Balaban J connectivity index is 1.75. The molecule has 0 spiro atoms. The van der Waals surface area contributed by atoms with E-state index in [-0.39, 0.29) is 18.0 Å². The van der Waals surface area contributed by atoms with Crippen LogP contribution in [0.1, 0.15) is 16.8 Å². The smallest absolute Gasteiger partial charge is 0.357 e. The largest absolute Gasteiger partial charge is 0.489 e. The predicted molar refractivity (Wildman–Crippen MR) is 107 cm³/mol. The van der Waals surface area contributed by atoms with Crippen LogP contribution >= 0.6 is 0 Å². The van der Waals surface area contributed by atoms with Crippen molar-refractivity contribution < 1.29 is 14.6 Å². The van der Waals surface area contributed by atoms with E-state index in [0.29, 0.717) is 16.9 Å². The summed E-state index contributed by atoms with van der Waals surface area (Å²) >= 11 is 0. The number of ether oxygens (including phenoxy) is 1.